The Bertz CT molecular complexity index is 449. The highest BCUT2D eigenvalue weighted by Gasteiger charge is 2.00. The topological polar surface area (TPSA) is 47.3 Å². The Morgan fingerprint density at radius 3 is 2.61 bits per heavy atom. The van der Waals surface area contributed by atoms with Crippen LogP contribution in [0.25, 0.3) is 0 Å². The van der Waals surface area contributed by atoms with Gasteiger partial charge in [0.1, 0.15) is 12.4 Å². The van der Waals surface area contributed by atoms with E-state index in [2.05, 4.69) is 36.5 Å². The molecule has 0 amide bonds. The zero-order chi connectivity index (χ0) is 12.8. The van der Waals surface area contributed by atoms with E-state index in [0.29, 0.717) is 12.6 Å². The summed E-state index contributed by atoms with van der Waals surface area (Å²) in [6, 6.07) is 10.3. The molecule has 1 aromatic heterocycles. The Hall–Kier alpha value is -1.81. The van der Waals surface area contributed by atoms with E-state index >= 15 is 0 Å². The monoisotopic (exact) mass is 246 g/mol. The molecule has 0 aliphatic heterocycles. The van der Waals surface area contributed by atoms with Crippen LogP contribution in [0.3, 0.4) is 0 Å². The number of benzene rings is 1. The molecule has 0 spiro atoms. The first-order valence-corrected chi connectivity index (χ1v) is 6.09. The molecule has 4 nitrogen and oxygen atoms in total. The van der Waals surface area contributed by atoms with Gasteiger partial charge in [0.05, 0.1) is 6.20 Å². The van der Waals surface area contributed by atoms with Gasteiger partial charge < -0.3 is 14.6 Å². The molecule has 1 aromatic carbocycles. The fourth-order valence-electron chi connectivity index (χ4n) is 1.50. The van der Waals surface area contributed by atoms with Gasteiger partial charge in [-0.25, -0.2) is 0 Å². The van der Waals surface area contributed by atoms with Crippen LogP contribution in [0.2, 0.25) is 0 Å². The van der Waals surface area contributed by atoms with Crippen molar-refractivity contribution in [2.24, 2.45) is 0 Å². The van der Waals surface area contributed by atoms with Crippen LogP contribution in [0.15, 0.2) is 41.1 Å². The van der Waals surface area contributed by atoms with Crippen molar-refractivity contribution in [3.63, 3.8) is 0 Å². The standard InChI is InChI=1S/C14H18N2O2/c1-11(2)15-9-12-3-5-13(6-4-12)17-10-14-7-8-16-18-14/h3-8,11,15H,9-10H2,1-2H3. The Morgan fingerprint density at radius 1 is 1.22 bits per heavy atom. The maximum absolute atomic E-state index is 5.58. The average Bonchev–Trinajstić information content (AvgIpc) is 2.88. The van der Waals surface area contributed by atoms with E-state index in [1.165, 1.54) is 5.56 Å². The van der Waals surface area contributed by atoms with Gasteiger partial charge in [0, 0.05) is 18.7 Å². The van der Waals surface area contributed by atoms with Gasteiger partial charge in [0.15, 0.2) is 5.76 Å². The van der Waals surface area contributed by atoms with Crippen molar-refractivity contribution in [1.29, 1.82) is 0 Å². The summed E-state index contributed by atoms with van der Waals surface area (Å²) >= 11 is 0. The molecular weight excluding hydrogens is 228 g/mol. The van der Waals surface area contributed by atoms with Gasteiger partial charge in [-0.2, -0.15) is 0 Å². The van der Waals surface area contributed by atoms with E-state index in [1.54, 1.807) is 12.3 Å². The van der Waals surface area contributed by atoms with Gasteiger partial charge in [0.2, 0.25) is 0 Å². The van der Waals surface area contributed by atoms with Crippen molar-refractivity contribution in [3.05, 3.63) is 47.9 Å². The number of nitrogens with zero attached hydrogens (tertiary/aromatic N) is 1. The summed E-state index contributed by atoms with van der Waals surface area (Å²) in [5.74, 6) is 1.56. The molecule has 0 saturated heterocycles. The molecule has 2 aromatic rings. The molecule has 1 heterocycles. The number of hydrogen-bond donors (Lipinski definition) is 1. The van der Waals surface area contributed by atoms with Gasteiger partial charge in [-0.1, -0.05) is 31.1 Å². The molecule has 0 bridgehead atoms. The summed E-state index contributed by atoms with van der Waals surface area (Å²) in [6.07, 6.45) is 1.61. The predicted octanol–water partition coefficient (Wildman–Crippen LogP) is 2.75. The number of hydrogen-bond acceptors (Lipinski definition) is 4. The van der Waals surface area contributed by atoms with E-state index in [9.17, 15) is 0 Å². The molecular formula is C14H18N2O2. The van der Waals surface area contributed by atoms with Crippen molar-refractivity contribution < 1.29 is 9.26 Å². The second-order valence-corrected chi connectivity index (χ2v) is 4.45. The quantitative estimate of drug-likeness (QED) is 0.851. The van der Waals surface area contributed by atoms with E-state index in [1.807, 2.05) is 12.1 Å². The fourth-order valence-corrected chi connectivity index (χ4v) is 1.50. The third-order valence-electron chi connectivity index (χ3n) is 2.51. The molecule has 0 aliphatic rings. The summed E-state index contributed by atoms with van der Waals surface area (Å²) in [6.45, 7) is 5.55. The molecule has 0 fully saturated rings. The highest BCUT2D eigenvalue weighted by molar-refractivity contribution is 5.27. The van der Waals surface area contributed by atoms with Crippen molar-refractivity contribution in [1.82, 2.24) is 10.5 Å². The fraction of sp³-hybridized carbons (Fsp3) is 0.357. The van der Waals surface area contributed by atoms with Crippen molar-refractivity contribution in [3.8, 4) is 5.75 Å². The summed E-state index contributed by atoms with van der Waals surface area (Å²) < 4.78 is 10.5. The van der Waals surface area contributed by atoms with Crippen molar-refractivity contribution >= 4 is 0 Å². The molecule has 0 atom stereocenters. The molecule has 4 heteroatoms. The zero-order valence-corrected chi connectivity index (χ0v) is 10.7. The largest absolute Gasteiger partial charge is 0.486 e. The Morgan fingerprint density at radius 2 is 2.00 bits per heavy atom. The minimum atomic E-state index is 0.406. The lowest BCUT2D eigenvalue weighted by molar-refractivity contribution is 0.249. The first kappa shape index (κ1) is 12.6. The number of ether oxygens (including phenoxy) is 1. The minimum absolute atomic E-state index is 0.406. The van der Waals surface area contributed by atoms with Crippen molar-refractivity contribution in [2.45, 2.75) is 33.0 Å². The van der Waals surface area contributed by atoms with Crippen LogP contribution in [0.4, 0.5) is 0 Å². The zero-order valence-electron chi connectivity index (χ0n) is 10.7. The summed E-state index contributed by atoms with van der Waals surface area (Å²) in [5.41, 5.74) is 1.25. The Kier molecular flexibility index (Phi) is 4.36. The second-order valence-electron chi connectivity index (χ2n) is 4.45. The predicted molar refractivity (Wildman–Crippen MR) is 69.3 cm³/mol. The van der Waals surface area contributed by atoms with Crippen molar-refractivity contribution in [2.75, 3.05) is 0 Å². The van der Waals surface area contributed by atoms with Crippen LogP contribution < -0.4 is 10.1 Å². The Balaban J connectivity index is 1.83. The molecule has 1 N–H and O–H groups in total. The molecule has 0 aliphatic carbocycles. The van der Waals surface area contributed by atoms with Gasteiger partial charge in [-0.05, 0) is 17.7 Å². The molecule has 96 valence electrons. The lowest BCUT2D eigenvalue weighted by Gasteiger charge is -2.09. The van der Waals surface area contributed by atoms with Crippen LogP contribution in [0, 0.1) is 0 Å². The minimum Gasteiger partial charge on any atom is -0.486 e. The molecule has 0 saturated carbocycles. The summed E-state index contributed by atoms with van der Waals surface area (Å²) in [7, 11) is 0. The first-order chi connectivity index (χ1) is 8.74. The van der Waals surface area contributed by atoms with Gasteiger partial charge in [-0.15, -0.1) is 0 Å². The lowest BCUT2D eigenvalue weighted by Crippen LogP contribution is -2.21. The SMILES string of the molecule is CC(C)NCc1ccc(OCc2ccno2)cc1. The second kappa shape index (κ2) is 6.21. The maximum Gasteiger partial charge on any atom is 0.174 e. The third kappa shape index (κ3) is 3.89. The average molecular weight is 246 g/mol. The molecule has 0 unspecified atom stereocenters. The van der Waals surface area contributed by atoms with Crippen LogP contribution in [-0.2, 0) is 13.2 Å². The van der Waals surface area contributed by atoms with Gasteiger partial charge in [-0.3, -0.25) is 0 Å². The van der Waals surface area contributed by atoms with Crippen LogP contribution in [0.1, 0.15) is 25.2 Å². The van der Waals surface area contributed by atoms with Crippen LogP contribution in [0.5, 0.6) is 5.75 Å². The van der Waals surface area contributed by atoms with E-state index < -0.39 is 0 Å². The Labute approximate surface area is 107 Å². The highest BCUT2D eigenvalue weighted by Crippen LogP contribution is 2.14. The highest BCUT2D eigenvalue weighted by atomic mass is 16.5. The van der Waals surface area contributed by atoms with E-state index in [0.717, 1.165) is 18.1 Å². The third-order valence-corrected chi connectivity index (χ3v) is 2.51. The normalized spacial score (nSPS) is 10.8. The number of aromatic nitrogens is 1. The molecule has 2 rings (SSSR count). The van der Waals surface area contributed by atoms with Crippen LogP contribution in [-0.4, -0.2) is 11.2 Å². The molecule has 18 heavy (non-hydrogen) atoms. The first-order valence-electron chi connectivity index (χ1n) is 6.09. The summed E-state index contributed by atoms with van der Waals surface area (Å²) in [5, 5.41) is 7.00. The van der Waals surface area contributed by atoms with Crippen LogP contribution >= 0.6 is 0 Å². The van der Waals surface area contributed by atoms with Gasteiger partial charge in [0.25, 0.3) is 0 Å². The number of nitrogens with one attached hydrogen (secondary N) is 1. The summed E-state index contributed by atoms with van der Waals surface area (Å²) in [4.78, 5) is 0. The van der Waals surface area contributed by atoms with E-state index in [4.69, 9.17) is 9.26 Å². The van der Waals surface area contributed by atoms with Gasteiger partial charge >= 0.3 is 0 Å². The maximum atomic E-state index is 5.58. The smallest absolute Gasteiger partial charge is 0.174 e. The molecule has 0 radical (unpaired) electrons. The number of rotatable bonds is 6. The lowest BCUT2D eigenvalue weighted by atomic mass is 10.2. The van der Waals surface area contributed by atoms with E-state index in [-0.39, 0.29) is 0 Å².